The van der Waals surface area contributed by atoms with Crippen molar-refractivity contribution in [1.82, 2.24) is 5.32 Å². The number of hydrogen-bond donors (Lipinski definition) is 2. The molecule has 28 heavy (non-hydrogen) atoms. The second-order valence-electron chi connectivity index (χ2n) is 6.32. The Balaban J connectivity index is 2.35. The van der Waals surface area contributed by atoms with Crippen LogP contribution >= 0.6 is 0 Å². The highest BCUT2D eigenvalue weighted by Gasteiger charge is 2.26. The van der Waals surface area contributed by atoms with Crippen molar-refractivity contribution < 1.29 is 28.7 Å². The molecule has 0 spiro atoms. The smallest absolute Gasteiger partial charge is 0.330 e. The number of hydrogen-bond acceptors (Lipinski definition) is 5. The van der Waals surface area contributed by atoms with Crippen molar-refractivity contribution in [2.75, 3.05) is 7.11 Å². The van der Waals surface area contributed by atoms with Gasteiger partial charge in [-0.15, -0.1) is 0 Å². The van der Waals surface area contributed by atoms with Crippen LogP contribution in [0.25, 0.3) is 0 Å². The minimum absolute atomic E-state index is 0.00699. The number of nitrogens with one attached hydrogen (secondary N) is 1. The Hall–Kier alpha value is -3.49. The van der Waals surface area contributed by atoms with Gasteiger partial charge in [-0.1, -0.05) is 26.0 Å². The van der Waals surface area contributed by atoms with Crippen LogP contribution < -0.4 is 10.1 Å². The predicted octanol–water partition coefficient (Wildman–Crippen LogP) is 3.42. The number of halogens is 1. The van der Waals surface area contributed by atoms with Crippen LogP contribution in [-0.4, -0.2) is 29.0 Å². The minimum atomic E-state index is -1.54. The zero-order chi connectivity index (χ0) is 21.0. The number of nitro groups is 1. The zero-order valence-corrected chi connectivity index (χ0v) is 15.4. The molecule has 0 aliphatic carbocycles. The molecule has 0 saturated carbocycles. The van der Waals surface area contributed by atoms with Crippen molar-refractivity contribution in [3.8, 4) is 5.75 Å². The fourth-order valence-corrected chi connectivity index (χ4v) is 2.70. The molecule has 0 aliphatic heterocycles. The first kappa shape index (κ1) is 20.8. The lowest BCUT2D eigenvalue weighted by atomic mass is 9.98. The summed E-state index contributed by atoms with van der Waals surface area (Å²) in [6.07, 6.45) is 0. The molecule has 2 N–H and O–H groups in total. The monoisotopic (exact) mass is 390 g/mol. The van der Waals surface area contributed by atoms with Gasteiger partial charge < -0.3 is 15.2 Å². The number of aliphatic carboxylic acids is 1. The summed E-state index contributed by atoms with van der Waals surface area (Å²) < 4.78 is 18.7. The van der Waals surface area contributed by atoms with Crippen LogP contribution in [0, 0.1) is 15.9 Å². The fraction of sp³-hybridized carbons (Fsp3) is 0.263. The molecule has 8 nitrogen and oxygen atoms in total. The van der Waals surface area contributed by atoms with Crippen molar-refractivity contribution in [2.45, 2.75) is 25.8 Å². The molecule has 0 aliphatic rings. The van der Waals surface area contributed by atoms with Gasteiger partial charge in [0.1, 0.15) is 0 Å². The Bertz CT molecular complexity index is 929. The van der Waals surface area contributed by atoms with Crippen molar-refractivity contribution >= 4 is 17.6 Å². The topological polar surface area (TPSA) is 119 Å². The van der Waals surface area contributed by atoms with E-state index < -0.39 is 28.7 Å². The molecule has 0 saturated heterocycles. The number of ether oxygens (including phenoxy) is 1. The van der Waals surface area contributed by atoms with Crippen LogP contribution in [0.4, 0.5) is 10.1 Å². The summed E-state index contributed by atoms with van der Waals surface area (Å²) in [5.41, 5.74) is 0.141. The number of carbonyl (C=O) groups excluding carboxylic acids is 1. The Kier molecular flexibility index (Phi) is 6.29. The lowest BCUT2D eigenvalue weighted by molar-refractivity contribution is -0.385. The zero-order valence-electron chi connectivity index (χ0n) is 15.4. The average molecular weight is 390 g/mol. The molecule has 2 aromatic rings. The third-order valence-electron chi connectivity index (χ3n) is 4.14. The van der Waals surface area contributed by atoms with Crippen LogP contribution in [0.1, 0.15) is 47.3 Å². The number of benzene rings is 2. The summed E-state index contributed by atoms with van der Waals surface area (Å²) in [4.78, 5) is 34.7. The summed E-state index contributed by atoms with van der Waals surface area (Å²) in [6, 6.07) is 5.89. The standard InChI is InChI=1S/C19H19FN2O6/c1-10(2)13-6-4-12(9-15(13)22(26)27)18(23)21-17(19(24)25)11-5-7-16(28-3)14(20)8-11/h4-10,17H,1-3H3,(H,21,23)(H,24,25). The summed E-state index contributed by atoms with van der Waals surface area (Å²) >= 11 is 0. The molecule has 1 atom stereocenters. The molecule has 0 heterocycles. The molecule has 2 rings (SSSR count). The van der Waals surface area contributed by atoms with E-state index in [1.807, 2.05) is 0 Å². The van der Waals surface area contributed by atoms with Crippen LogP contribution in [0.5, 0.6) is 5.75 Å². The summed E-state index contributed by atoms with van der Waals surface area (Å²) in [6.45, 7) is 3.56. The van der Waals surface area contributed by atoms with E-state index in [1.54, 1.807) is 13.8 Å². The normalized spacial score (nSPS) is 11.8. The molecule has 1 unspecified atom stereocenters. The highest BCUT2D eigenvalue weighted by Crippen LogP contribution is 2.28. The third-order valence-corrected chi connectivity index (χ3v) is 4.14. The number of carboxylic acids is 1. The maximum Gasteiger partial charge on any atom is 0.330 e. The molecule has 148 valence electrons. The molecular formula is C19H19FN2O6. The first-order chi connectivity index (χ1) is 13.1. The van der Waals surface area contributed by atoms with Gasteiger partial charge >= 0.3 is 5.97 Å². The first-order valence-corrected chi connectivity index (χ1v) is 8.31. The number of rotatable bonds is 7. The Morgan fingerprint density at radius 3 is 2.39 bits per heavy atom. The average Bonchev–Trinajstić information content (AvgIpc) is 2.64. The summed E-state index contributed by atoms with van der Waals surface area (Å²) in [5.74, 6) is -3.23. The SMILES string of the molecule is COc1ccc(C(NC(=O)c2ccc(C(C)C)c([N+](=O)[O-])c2)C(=O)O)cc1F. The number of carbonyl (C=O) groups is 2. The van der Waals surface area contributed by atoms with Gasteiger partial charge in [-0.25, -0.2) is 9.18 Å². The molecule has 2 aromatic carbocycles. The first-order valence-electron chi connectivity index (χ1n) is 8.31. The van der Waals surface area contributed by atoms with Crippen LogP contribution in [0.2, 0.25) is 0 Å². The predicted molar refractivity (Wildman–Crippen MR) is 98.0 cm³/mol. The summed E-state index contributed by atoms with van der Waals surface area (Å²) in [5, 5.41) is 23.0. The van der Waals surface area contributed by atoms with Crippen molar-refractivity contribution in [2.24, 2.45) is 0 Å². The quantitative estimate of drug-likeness (QED) is 0.552. The number of carboxylic acid groups (broad SMARTS) is 1. The number of amides is 1. The molecule has 0 radical (unpaired) electrons. The van der Waals surface area contributed by atoms with E-state index in [9.17, 15) is 29.2 Å². The Morgan fingerprint density at radius 2 is 1.89 bits per heavy atom. The molecule has 0 bridgehead atoms. The number of nitrogens with zero attached hydrogens (tertiary/aromatic N) is 1. The van der Waals surface area contributed by atoms with Gasteiger partial charge in [-0.3, -0.25) is 14.9 Å². The molecule has 0 aromatic heterocycles. The van der Waals surface area contributed by atoms with E-state index in [4.69, 9.17) is 4.74 Å². The van der Waals surface area contributed by atoms with Gasteiger partial charge in [0.25, 0.3) is 11.6 Å². The van der Waals surface area contributed by atoms with E-state index in [2.05, 4.69) is 5.32 Å². The van der Waals surface area contributed by atoms with E-state index in [-0.39, 0.29) is 28.5 Å². The fourth-order valence-electron chi connectivity index (χ4n) is 2.70. The molecule has 1 amide bonds. The van der Waals surface area contributed by atoms with Gasteiger partial charge in [0.05, 0.1) is 12.0 Å². The Labute approximate surface area is 160 Å². The maximum atomic E-state index is 13.9. The summed E-state index contributed by atoms with van der Waals surface area (Å²) in [7, 11) is 1.27. The molecule has 0 fully saturated rings. The van der Waals surface area contributed by atoms with Gasteiger partial charge in [-0.2, -0.15) is 0 Å². The van der Waals surface area contributed by atoms with Crippen LogP contribution in [0.3, 0.4) is 0 Å². The lowest BCUT2D eigenvalue weighted by Crippen LogP contribution is -2.33. The van der Waals surface area contributed by atoms with Crippen molar-refractivity contribution in [3.05, 3.63) is 69.0 Å². The highest BCUT2D eigenvalue weighted by molar-refractivity contribution is 5.97. The minimum Gasteiger partial charge on any atom is -0.494 e. The van der Waals surface area contributed by atoms with Gasteiger partial charge in [0, 0.05) is 17.2 Å². The Morgan fingerprint density at radius 1 is 1.21 bits per heavy atom. The number of methoxy groups -OCH3 is 1. The largest absolute Gasteiger partial charge is 0.494 e. The van der Waals surface area contributed by atoms with Gasteiger partial charge in [0.2, 0.25) is 0 Å². The second kappa shape index (κ2) is 8.47. The van der Waals surface area contributed by atoms with E-state index >= 15 is 0 Å². The van der Waals surface area contributed by atoms with E-state index in [0.717, 1.165) is 12.1 Å². The van der Waals surface area contributed by atoms with Crippen LogP contribution in [-0.2, 0) is 4.79 Å². The second-order valence-corrected chi connectivity index (χ2v) is 6.32. The van der Waals surface area contributed by atoms with Gasteiger partial charge in [-0.05, 0) is 29.7 Å². The third kappa shape index (κ3) is 4.43. The van der Waals surface area contributed by atoms with Crippen LogP contribution in [0.15, 0.2) is 36.4 Å². The molecular weight excluding hydrogens is 371 g/mol. The molecule has 9 heteroatoms. The van der Waals surface area contributed by atoms with E-state index in [1.165, 1.54) is 31.4 Å². The van der Waals surface area contributed by atoms with Crippen molar-refractivity contribution in [1.29, 1.82) is 0 Å². The highest BCUT2D eigenvalue weighted by atomic mass is 19.1. The maximum absolute atomic E-state index is 13.9. The number of nitro benzene ring substituents is 1. The van der Waals surface area contributed by atoms with Crippen molar-refractivity contribution in [3.63, 3.8) is 0 Å². The van der Waals surface area contributed by atoms with E-state index in [0.29, 0.717) is 5.56 Å². The van der Waals surface area contributed by atoms with Gasteiger partial charge in [0.15, 0.2) is 17.6 Å². The lowest BCUT2D eigenvalue weighted by Gasteiger charge is -2.16.